The molecule has 0 unspecified atom stereocenters. The second-order valence-electron chi connectivity index (χ2n) is 7.23. The Kier molecular flexibility index (Phi) is 18.2. The van der Waals surface area contributed by atoms with Gasteiger partial charge in [-0.2, -0.15) is 0 Å². The van der Waals surface area contributed by atoms with Crippen LogP contribution >= 0.6 is 11.3 Å². The number of benzene rings is 3. The number of furan rings is 1. The molecule has 5 nitrogen and oxygen atoms in total. The number of aromatic amines is 1. The highest BCUT2D eigenvalue weighted by Gasteiger charge is 1.91. The number of imidazole rings is 1. The summed E-state index contributed by atoms with van der Waals surface area (Å²) in [6, 6.07) is 30.7. The average Bonchev–Trinajstić information content (AvgIpc) is 3.82. The summed E-state index contributed by atoms with van der Waals surface area (Å²) in [5, 5.41) is 4.63. The topological polar surface area (TPSA) is 67.6 Å². The molecule has 0 amide bonds. The molecule has 0 atom stereocenters. The van der Waals surface area contributed by atoms with Crippen LogP contribution < -0.4 is 0 Å². The SMILES string of the molecule is CC.CC.CC.Cc1ccccc1.c1ccc2occc2c1.c1ccc2sccc2c1.c1ncc2[nH]cnc2n1. The summed E-state index contributed by atoms with van der Waals surface area (Å²) in [6.45, 7) is 14.1. The second-order valence-corrected chi connectivity index (χ2v) is 8.18. The van der Waals surface area contributed by atoms with Gasteiger partial charge in [-0.15, -0.1) is 11.3 Å². The number of aromatic nitrogens is 4. The van der Waals surface area contributed by atoms with Crippen LogP contribution in [0.25, 0.3) is 32.2 Å². The van der Waals surface area contributed by atoms with Gasteiger partial charge in [0.15, 0.2) is 5.65 Å². The molecule has 210 valence electrons. The summed E-state index contributed by atoms with van der Waals surface area (Å²) in [6.07, 6.45) is 6.46. The smallest absolute Gasteiger partial charge is 0.180 e. The molecule has 7 rings (SSSR count). The Bertz CT molecular complexity index is 1290. The fourth-order valence-corrected chi connectivity index (χ4v) is 3.83. The van der Waals surface area contributed by atoms with Crippen molar-refractivity contribution in [2.75, 3.05) is 0 Å². The van der Waals surface area contributed by atoms with Gasteiger partial charge in [-0.05, 0) is 42.0 Å². The van der Waals surface area contributed by atoms with Crippen LogP contribution in [-0.4, -0.2) is 19.9 Å². The highest BCUT2D eigenvalue weighted by molar-refractivity contribution is 7.17. The van der Waals surface area contributed by atoms with E-state index in [2.05, 4.69) is 74.7 Å². The van der Waals surface area contributed by atoms with Gasteiger partial charge in [-0.25, -0.2) is 15.0 Å². The zero-order chi connectivity index (χ0) is 29.4. The number of thiophene rings is 1. The molecule has 0 aliphatic rings. The first-order valence-electron chi connectivity index (χ1n) is 13.7. The van der Waals surface area contributed by atoms with Gasteiger partial charge in [0.1, 0.15) is 17.4 Å². The van der Waals surface area contributed by atoms with E-state index in [0.717, 1.165) is 16.5 Å². The first-order valence-corrected chi connectivity index (χ1v) is 14.6. The van der Waals surface area contributed by atoms with Crippen molar-refractivity contribution < 1.29 is 4.42 Å². The van der Waals surface area contributed by atoms with E-state index in [1.54, 1.807) is 30.1 Å². The van der Waals surface area contributed by atoms with Gasteiger partial charge in [-0.3, -0.25) is 0 Å². The van der Waals surface area contributed by atoms with Crippen molar-refractivity contribution in [3.05, 3.63) is 127 Å². The lowest BCUT2D eigenvalue weighted by atomic mass is 10.2. The number of rotatable bonds is 0. The van der Waals surface area contributed by atoms with Crippen LogP contribution in [-0.2, 0) is 0 Å². The minimum atomic E-state index is 0.713. The van der Waals surface area contributed by atoms with Crippen LogP contribution in [0.4, 0.5) is 0 Å². The Balaban J connectivity index is 0.000000252. The van der Waals surface area contributed by atoms with Crippen molar-refractivity contribution in [2.24, 2.45) is 0 Å². The fraction of sp³-hybridized carbons (Fsp3) is 0.206. The predicted octanol–water partition coefficient (Wildman–Crippen LogP) is 10.8. The van der Waals surface area contributed by atoms with Crippen LogP contribution in [0.2, 0.25) is 0 Å². The van der Waals surface area contributed by atoms with Gasteiger partial charge >= 0.3 is 0 Å². The number of nitrogens with one attached hydrogen (secondary N) is 1. The fourth-order valence-electron chi connectivity index (χ4n) is 3.04. The summed E-state index contributed by atoms with van der Waals surface area (Å²) >= 11 is 1.79. The molecule has 0 saturated heterocycles. The van der Waals surface area contributed by atoms with Crippen LogP contribution in [0.5, 0.6) is 0 Å². The number of aryl methyl sites for hydroxylation is 1. The zero-order valence-corrected chi connectivity index (χ0v) is 25.5. The molecule has 0 saturated carbocycles. The number of para-hydroxylation sites is 1. The molecule has 4 aromatic heterocycles. The van der Waals surface area contributed by atoms with E-state index in [-0.39, 0.29) is 0 Å². The number of H-pyrrole nitrogens is 1. The van der Waals surface area contributed by atoms with E-state index >= 15 is 0 Å². The maximum absolute atomic E-state index is 5.12. The zero-order valence-electron chi connectivity index (χ0n) is 24.7. The normalized spacial score (nSPS) is 8.88. The minimum Gasteiger partial charge on any atom is -0.464 e. The maximum atomic E-state index is 5.12. The van der Waals surface area contributed by atoms with E-state index in [0.29, 0.717) is 5.65 Å². The van der Waals surface area contributed by atoms with E-state index < -0.39 is 0 Å². The highest BCUT2D eigenvalue weighted by Crippen LogP contribution is 2.18. The van der Waals surface area contributed by atoms with Crippen LogP contribution in [0.15, 0.2) is 126 Å². The monoisotopic (exact) mass is 554 g/mol. The molecular weight excluding hydrogens is 512 g/mol. The average molecular weight is 555 g/mol. The minimum absolute atomic E-state index is 0.713. The summed E-state index contributed by atoms with van der Waals surface area (Å²) in [4.78, 5) is 14.5. The lowest BCUT2D eigenvalue weighted by molar-refractivity contribution is 0.616. The summed E-state index contributed by atoms with van der Waals surface area (Å²) in [5.74, 6) is 0. The molecular formula is C34H42N4OS. The Hall–Kier alpha value is -4.29. The summed E-state index contributed by atoms with van der Waals surface area (Å²) < 4.78 is 6.49. The molecule has 0 aliphatic carbocycles. The van der Waals surface area contributed by atoms with Gasteiger partial charge in [0.2, 0.25) is 0 Å². The van der Waals surface area contributed by atoms with E-state index in [1.807, 2.05) is 90.1 Å². The Labute approximate surface area is 243 Å². The van der Waals surface area contributed by atoms with Crippen molar-refractivity contribution in [1.82, 2.24) is 19.9 Å². The molecule has 0 spiro atoms. The Morgan fingerprint density at radius 2 is 1.32 bits per heavy atom. The van der Waals surface area contributed by atoms with Crippen molar-refractivity contribution in [2.45, 2.75) is 48.5 Å². The lowest BCUT2D eigenvalue weighted by Gasteiger charge is -1.82. The van der Waals surface area contributed by atoms with E-state index in [1.165, 1.54) is 22.0 Å². The quantitative estimate of drug-likeness (QED) is 0.202. The molecule has 0 radical (unpaired) electrons. The highest BCUT2D eigenvalue weighted by atomic mass is 32.1. The number of hydrogen-bond donors (Lipinski definition) is 1. The molecule has 0 bridgehead atoms. The van der Waals surface area contributed by atoms with Gasteiger partial charge in [0.25, 0.3) is 0 Å². The Morgan fingerprint density at radius 1 is 0.675 bits per heavy atom. The molecule has 0 aliphatic heterocycles. The molecule has 3 aromatic carbocycles. The molecule has 6 heteroatoms. The third-order valence-corrected chi connectivity index (χ3v) is 5.66. The molecule has 0 fully saturated rings. The lowest BCUT2D eigenvalue weighted by Crippen LogP contribution is -1.76. The number of hydrogen-bond acceptors (Lipinski definition) is 5. The van der Waals surface area contributed by atoms with E-state index in [9.17, 15) is 0 Å². The molecule has 7 aromatic rings. The summed E-state index contributed by atoms with van der Waals surface area (Å²) in [5.41, 5.74) is 3.86. The number of fused-ring (bicyclic) bond motifs is 3. The third kappa shape index (κ3) is 12.0. The number of nitrogens with zero attached hydrogens (tertiary/aromatic N) is 3. The van der Waals surface area contributed by atoms with Crippen LogP contribution in [0.3, 0.4) is 0 Å². The van der Waals surface area contributed by atoms with Gasteiger partial charge in [0.05, 0.1) is 18.8 Å². The van der Waals surface area contributed by atoms with Gasteiger partial charge in [0, 0.05) is 10.1 Å². The van der Waals surface area contributed by atoms with Crippen molar-refractivity contribution in [1.29, 1.82) is 0 Å². The van der Waals surface area contributed by atoms with Crippen molar-refractivity contribution >= 4 is 43.6 Å². The van der Waals surface area contributed by atoms with E-state index in [4.69, 9.17) is 4.42 Å². The largest absolute Gasteiger partial charge is 0.464 e. The van der Waals surface area contributed by atoms with Gasteiger partial charge < -0.3 is 9.40 Å². The first kappa shape index (κ1) is 33.7. The van der Waals surface area contributed by atoms with Gasteiger partial charge in [-0.1, -0.05) is 114 Å². The standard InChI is InChI=1S/C8H6O.C8H6S.C7H8.C5H4N4.3C2H6/c2*1-2-4-8-7(3-1)5-6-9-8;1-7-5-3-2-4-6-7;1-4-5(8-2-6-1)9-3-7-4;3*1-2/h2*1-6H;2-6H,1H3;1-3H,(H,6,7,8,9);3*1-2H3. The summed E-state index contributed by atoms with van der Waals surface area (Å²) in [7, 11) is 0. The predicted molar refractivity (Wildman–Crippen MR) is 175 cm³/mol. The van der Waals surface area contributed by atoms with Crippen LogP contribution in [0, 0.1) is 6.92 Å². The maximum Gasteiger partial charge on any atom is 0.180 e. The molecule has 1 N–H and O–H groups in total. The van der Waals surface area contributed by atoms with Crippen molar-refractivity contribution in [3.8, 4) is 0 Å². The van der Waals surface area contributed by atoms with Crippen LogP contribution in [0.1, 0.15) is 47.1 Å². The molecule has 40 heavy (non-hydrogen) atoms. The molecule has 4 heterocycles. The third-order valence-electron chi connectivity index (χ3n) is 4.76. The first-order chi connectivity index (χ1) is 19.8. The Morgan fingerprint density at radius 3 is 1.95 bits per heavy atom. The van der Waals surface area contributed by atoms with Crippen molar-refractivity contribution in [3.63, 3.8) is 0 Å². The second kappa shape index (κ2) is 21.6.